The predicted molar refractivity (Wildman–Crippen MR) is 136 cm³/mol. The zero-order chi connectivity index (χ0) is 29.0. The SMILES string of the molecule is CC(=CC(Cc1ccc(Cl)cc1)N(C)C(=O)c1cc(C(F)(F)F)cc(C(F)(F)F)c1)C(=O)NC1CCCCC1. The van der Waals surface area contributed by atoms with E-state index < -0.39 is 41.0 Å². The molecule has 2 aromatic carbocycles. The molecule has 2 amide bonds. The van der Waals surface area contributed by atoms with Crippen molar-refractivity contribution in [2.24, 2.45) is 0 Å². The maximum Gasteiger partial charge on any atom is 0.416 e. The molecule has 4 nitrogen and oxygen atoms in total. The summed E-state index contributed by atoms with van der Waals surface area (Å²) in [5.74, 6) is -1.40. The van der Waals surface area contributed by atoms with E-state index in [-0.39, 0.29) is 30.0 Å². The van der Waals surface area contributed by atoms with Crippen LogP contribution in [0.5, 0.6) is 0 Å². The molecule has 0 spiro atoms. The smallest absolute Gasteiger partial charge is 0.350 e. The molecule has 3 rings (SSSR count). The topological polar surface area (TPSA) is 49.4 Å². The van der Waals surface area contributed by atoms with Crippen LogP contribution in [0.25, 0.3) is 0 Å². The first-order valence-electron chi connectivity index (χ1n) is 12.5. The minimum atomic E-state index is -5.09. The summed E-state index contributed by atoms with van der Waals surface area (Å²) < 4.78 is 80.3. The lowest BCUT2D eigenvalue weighted by Gasteiger charge is -2.28. The van der Waals surface area contributed by atoms with E-state index in [0.717, 1.165) is 37.0 Å². The number of carbonyl (C=O) groups is 2. The van der Waals surface area contributed by atoms with Crippen molar-refractivity contribution in [3.63, 3.8) is 0 Å². The number of alkyl halides is 6. The van der Waals surface area contributed by atoms with Gasteiger partial charge in [0.2, 0.25) is 5.91 Å². The third kappa shape index (κ3) is 8.49. The first-order chi connectivity index (χ1) is 18.1. The number of hydrogen-bond donors (Lipinski definition) is 1. The minimum absolute atomic E-state index is 0.0228. The number of carbonyl (C=O) groups excluding carboxylic acids is 2. The Labute approximate surface area is 228 Å². The summed E-state index contributed by atoms with van der Waals surface area (Å²) in [6.45, 7) is 1.55. The summed E-state index contributed by atoms with van der Waals surface area (Å²) >= 11 is 5.95. The number of nitrogens with one attached hydrogen (secondary N) is 1. The summed E-state index contributed by atoms with van der Waals surface area (Å²) in [6.07, 6.45) is -3.74. The van der Waals surface area contributed by atoms with Crippen molar-refractivity contribution in [3.05, 3.63) is 81.4 Å². The molecule has 0 aromatic heterocycles. The number of rotatable bonds is 7. The van der Waals surface area contributed by atoms with Crippen LogP contribution in [0.4, 0.5) is 26.3 Å². The Bertz CT molecular complexity index is 1170. The fourth-order valence-electron chi connectivity index (χ4n) is 4.51. The van der Waals surface area contributed by atoms with Gasteiger partial charge in [-0.25, -0.2) is 0 Å². The van der Waals surface area contributed by atoms with Gasteiger partial charge >= 0.3 is 12.4 Å². The van der Waals surface area contributed by atoms with E-state index in [1.54, 1.807) is 31.2 Å². The van der Waals surface area contributed by atoms with Gasteiger partial charge in [-0.3, -0.25) is 9.59 Å². The Morgan fingerprint density at radius 1 is 0.974 bits per heavy atom. The third-order valence-electron chi connectivity index (χ3n) is 6.75. The van der Waals surface area contributed by atoms with Crippen molar-refractivity contribution in [1.29, 1.82) is 0 Å². The van der Waals surface area contributed by atoms with Gasteiger partial charge in [0.15, 0.2) is 0 Å². The molecule has 0 saturated heterocycles. The van der Waals surface area contributed by atoms with Crippen molar-refractivity contribution in [2.45, 2.75) is 69.9 Å². The molecule has 1 aliphatic carbocycles. The lowest BCUT2D eigenvalue weighted by atomic mass is 9.95. The van der Waals surface area contributed by atoms with Gasteiger partial charge in [-0.1, -0.05) is 49.1 Å². The summed E-state index contributed by atoms with van der Waals surface area (Å²) in [5, 5.41) is 3.43. The van der Waals surface area contributed by atoms with Gasteiger partial charge < -0.3 is 10.2 Å². The molecule has 212 valence electrons. The molecule has 1 atom stereocenters. The average Bonchev–Trinajstić information content (AvgIpc) is 2.88. The maximum atomic E-state index is 13.4. The third-order valence-corrected chi connectivity index (χ3v) is 7.00. The highest BCUT2D eigenvalue weighted by Crippen LogP contribution is 2.36. The summed E-state index contributed by atoms with van der Waals surface area (Å²) in [5.41, 5.74) is -2.96. The quantitative estimate of drug-likeness (QED) is 0.276. The summed E-state index contributed by atoms with van der Waals surface area (Å²) in [7, 11) is 1.28. The molecule has 1 N–H and O–H groups in total. The molecule has 1 aliphatic rings. The zero-order valence-corrected chi connectivity index (χ0v) is 22.2. The second-order valence-corrected chi connectivity index (χ2v) is 10.2. The molecular weight excluding hydrogens is 546 g/mol. The fraction of sp³-hybridized carbons (Fsp3) is 0.429. The van der Waals surface area contributed by atoms with Gasteiger partial charge in [0.25, 0.3) is 5.91 Å². The molecule has 0 heterocycles. The van der Waals surface area contributed by atoms with Crippen LogP contribution in [0, 0.1) is 0 Å². The zero-order valence-electron chi connectivity index (χ0n) is 21.4. The van der Waals surface area contributed by atoms with Crippen LogP contribution < -0.4 is 5.32 Å². The van der Waals surface area contributed by atoms with Crippen LogP contribution in [-0.2, 0) is 23.6 Å². The Hall–Kier alpha value is -3.01. The van der Waals surface area contributed by atoms with E-state index in [4.69, 9.17) is 11.6 Å². The molecule has 1 saturated carbocycles. The van der Waals surface area contributed by atoms with Crippen molar-refractivity contribution in [3.8, 4) is 0 Å². The highest BCUT2D eigenvalue weighted by atomic mass is 35.5. The summed E-state index contributed by atoms with van der Waals surface area (Å²) in [4.78, 5) is 27.2. The Kier molecular flexibility index (Phi) is 9.74. The van der Waals surface area contributed by atoms with Gasteiger partial charge in [-0.05, 0) is 62.1 Å². The molecule has 11 heteroatoms. The van der Waals surface area contributed by atoms with Crippen LogP contribution in [0.2, 0.25) is 5.02 Å². The maximum absolute atomic E-state index is 13.4. The molecule has 39 heavy (non-hydrogen) atoms. The molecule has 0 bridgehead atoms. The van der Waals surface area contributed by atoms with E-state index in [1.807, 2.05) is 0 Å². The predicted octanol–water partition coefficient (Wildman–Crippen LogP) is 7.46. The van der Waals surface area contributed by atoms with Crippen LogP contribution in [0.1, 0.15) is 66.1 Å². The summed E-state index contributed by atoms with van der Waals surface area (Å²) in [6, 6.07) is 6.54. The van der Waals surface area contributed by atoms with Crippen molar-refractivity contribution < 1.29 is 35.9 Å². The lowest BCUT2D eigenvalue weighted by Crippen LogP contribution is -2.40. The molecule has 1 unspecified atom stereocenters. The second kappa shape index (κ2) is 12.4. The molecule has 2 aromatic rings. The average molecular weight is 575 g/mol. The molecular formula is C28H29ClF6N2O2. The largest absolute Gasteiger partial charge is 0.416 e. The normalized spacial score (nSPS) is 16.1. The van der Waals surface area contributed by atoms with Gasteiger partial charge in [-0.2, -0.15) is 26.3 Å². The lowest BCUT2D eigenvalue weighted by molar-refractivity contribution is -0.143. The van der Waals surface area contributed by atoms with Gasteiger partial charge in [0, 0.05) is 29.2 Å². The molecule has 0 aliphatic heterocycles. The Balaban J connectivity index is 1.95. The Morgan fingerprint density at radius 3 is 2.03 bits per heavy atom. The van der Waals surface area contributed by atoms with Gasteiger partial charge in [-0.15, -0.1) is 0 Å². The van der Waals surface area contributed by atoms with E-state index in [0.29, 0.717) is 22.7 Å². The highest BCUT2D eigenvalue weighted by molar-refractivity contribution is 6.30. The van der Waals surface area contributed by atoms with Crippen molar-refractivity contribution in [1.82, 2.24) is 10.2 Å². The monoisotopic (exact) mass is 574 g/mol. The molecule has 0 radical (unpaired) electrons. The first kappa shape index (κ1) is 30.5. The van der Waals surface area contributed by atoms with Gasteiger partial charge in [0.1, 0.15) is 0 Å². The molecule has 1 fully saturated rings. The van der Waals surface area contributed by atoms with E-state index in [2.05, 4.69) is 5.32 Å². The fourth-order valence-corrected chi connectivity index (χ4v) is 4.64. The van der Waals surface area contributed by atoms with Crippen molar-refractivity contribution in [2.75, 3.05) is 7.05 Å². The van der Waals surface area contributed by atoms with Crippen LogP contribution in [0.3, 0.4) is 0 Å². The van der Waals surface area contributed by atoms with Crippen LogP contribution in [-0.4, -0.2) is 35.8 Å². The van der Waals surface area contributed by atoms with E-state index in [9.17, 15) is 35.9 Å². The second-order valence-electron chi connectivity index (χ2n) is 9.77. The van der Waals surface area contributed by atoms with E-state index >= 15 is 0 Å². The number of nitrogens with zero attached hydrogens (tertiary/aromatic N) is 1. The highest BCUT2D eigenvalue weighted by Gasteiger charge is 2.38. The van der Waals surface area contributed by atoms with Crippen LogP contribution in [0.15, 0.2) is 54.1 Å². The van der Waals surface area contributed by atoms with Crippen LogP contribution >= 0.6 is 11.6 Å². The number of hydrogen-bond acceptors (Lipinski definition) is 2. The first-order valence-corrected chi connectivity index (χ1v) is 12.8. The standard InChI is InChI=1S/C28H29ClF6N2O2/c1-17(25(38)36-23-6-4-3-5-7-23)12-24(13-18-8-10-22(29)11-9-18)37(2)26(39)19-14-20(27(30,31)32)16-21(15-19)28(33,34)35/h8-12,14-16,23-24H,3-7,13H2,1-2H3,(H,36,38). The minimum Gasteiger partial charge on any atom is -0.350 e. The van der Waals surface area contributed by atoms with Gasteiger partial charge in [0.05, 0.1) is 17.2 Å². The number of halogens is 7. The number of amides is 2. The van der Waals surface area contributed by atoms with E-state index in [1.165, 1.54) is 13.1 Å². The number of likely N-dealkylation sites (N-methyl/N-ethyl adjacent to an activating group) is 1. The van der Waals surface area contributed by atoms with Crippen molar-refractivity contribution >= 4 is 23.4 Å². The number of benzene rings is 2. The Morgan fingerprint density at radius 2 is 1.51 bits per heavy atom.